The molecule has 8 heteroatoms. The maximum Gasteiger partial charge on any atom is 0.318 e. The van der Waals surface area contributed by atoms with E-state index in [1.807, 2.05) is 0 Å². The number of hydrogen-bond acceptors (Lipinski definition) is 4. The number of benzene rings is 1. The largest absolute Gasteiger partial charge is 0.480 e. The lowest BCUT2D eigenvalue weighted by Crippen LogP contribution is -2.37. The molecule has 0 bridgehead atoms. The van der Waals surface area contributed by atoms with Crippen molar-refractivity contribution in [1.29, 1.82) is 0 Å². The summed E-state index contributed by atoms with van der Waals surface area (Å²) in [5.74, 6) is -1.43. The fraction of sp³-hybridized carbons (Fsp3) is 0.385. The molecule has 0 aromatic heterocycles. The summed E-state index contributed by atoms with van der Waals surface area (Å²) in [6.07, 6.45) is 1.35. The van der Waals surface area contributed by atoms with Crippen LogP contribution < -0.4 is 5.32 Å². The Morgan fingerprint density at radius 3 is 2.29 bits per heavy atom. The second-order valence-electron chi connectivity index (χ2n) is 4.88. The first-order valence-corrected chi connectivity index (χ1v) is 7.86. The average Bonchev–Trinajstić information content (AvgIpc) is 3.19. The van der Waals surface area contributed by atoms with Crippen LogP contribution in [-0.4, -0.2) is 42.3 Å². The number of sulfonamides is 1. The van der Waals surface area contributed by atoms with Gasteiger partial charge in [0.05, 0.1) is 4.90 Å². The van der Waals surface area contributed by atoms with Crippen molar-refractivity contribution in [2.24, 2.45) is 0 Å². The maximum atomic E-state index is 12.5. The number of carboxylic acid groups (broad SMARTS) is 1. The minimum atomic E-state index is -3.84. The number of nitrogens with one attached hydrogen (secondary N) is 1. The summed E-state index contributed by atoms with van der Waals surface area (Å²) in [5, 5.41) is 11.4. The molecule has 0 spiro atoms. The van der Waals surface area contributed by atoms with Crippen LogP contribution in [0.1, 0.15) is 19.8 Å². The molecule has 1 aliphatic carbocycles. The van der Waals surface area contributed by atoms with E-state index in [-0.39, 0.29) is 16.8 Å². The molecule has 2 rings (SSSR count). The van der Waals surface area contributed by atoms with Crippen molar-refractivity contribution in [2.75, 3.05) is 11.9 Å². The van der Waals surface area contributed by atoms with Crippen LogP contribution in [0.4, 0.5) is 5.69 Å². The van der Waals surface area contributed by atoms with E-state index < -0.39 is 22.5 Å². The molecule has 1 fully saturated rings. The first kappa shape index (κ1) is 15.5. The average molecular weight is 312 g/mol. The molecule has 0 saturated heterocycles. The number of nitrogens with zero attached hydrogens (tertiary/aromatic N) is 1. The van der Waals surface area contributed by atoms with E-state index in [0.29, 0.717) is 18.5 Å². The molecule has 0 unspecified atom stereocenters. The summed E-state index contributed by atoms with van der Waals surface area (Å²) in [5.41, 5.74) is 0.484. The van der Waals surface area contributed by atoms with Crippen LogP contribution in [-0.2, 0) is 19.6 Å². The van der Waals surface area contributed by atoms with Crippen LogP contribution in [0, 0.1) is 0 Å². The number of anilines is 1. The standard InChI is InChI=1S/C13H16N2O5S/c1-9(16)14-10-2-6-12(7-3-10)21(19,20)15(8-13(17)18)11-4-5-11/h2-3,6-7,11H,4-5,8H2,1H3,(H,14,16)(H,17,18). The molecule has 1 saturated carbocycles. The van der Waals surface area contributed by atoms with Crippen LogP contribution >= 0.6 is 0 Å². The summed E-state index contributed by atoms with van der Waals surface area (Å²) in [7, 11) is -3.84. The summed E-state index contributed by atoms with van der Waals surface area (Å²) in [6.45, 7) is 0.812. The van der Waals surface area contributed by atoms with Crippen LogP contribution in [0.3, 0.4) is 0 Å². The van der Waals surface area contributed by atoms with Gasteiger partial charge in [-0.05, 0) is 37.1 Å². The first-order valence-electron chi connectivity index (χ1n) is 6.42. The van der Waals surface area contributed by atoms with E-state index in [4.69, 9.17) is 5.11 Å². The molecule has 1 aliphatic rings. The van der Waals surface area contributed by atoms with Crippen molar-refractivity contribution >= 4 is 27.6 Å². The van der Waals surface area contributed by atoms with Gasteiger partial charge >= 0.3 is 5.97 Å². The molecule has 0 radical (unpaired) electrons. The van der Waals surface area contributed by atoms with Crippen molar-refractivity contribution in [2.45, 2.75) is 30.7 Å². The Bertz CT molecular complexity index is 650. The van der Waals surface area contributed by atoms with Crippen molar-refractivity contribution in [1.82, 2.24) is 4.31 Å². The number of carboxylic acids is 1. The predicted octanol–water partition coefficient (Wildman–Crippen LogP) is 0.883. The van der Waals surface area contributed by atoms with Crippen molar-refractivity contribution in [3.8, 4) is 0 Å². The van der Waals surface area contributed by atoms with Gasteiger partial charge in [0.25, 0.3) is 0 Å². The van der Waals surface area contributed by atoms with Crippen molar-refractivity contribution < 1.29 is 23.1 Å². The van der Waals surface area contributed by atoms with E-state index in [1.165, 1.54) is 31.2 Å². The molecule has 0 heterocycles. The third-order valence-electron chi connectivity index (χ3n) is 3.03. The molecule has 114 valence electrons. The molecule has 1 amide bonds. The van der Waals surface area contributed by atoms with Gasteiger partial charge in [0.15, 0.2) is 0 Å². The third kappa shape index (κ3) is 3.79. The Labute approximate surface area is 122 Å². The number of carbonyl (C=O) groups is 2. The quantitative estimate of drug-likeness (QED) is 0.811. The van der Waals surface area contributed by atoms with Gasteiger partial charge in [0.2, 0.25) is 15.9 Å². The van der Waals surface area contributed by atoms with E-state index in [0.717, 1.165) is 4.31 Å². The Hall–Kier alpha value is -1.93. The molecule has 0 atom stereocenters. The van der Waals surface area contributed by atoms with Crippen LogP contribution in [0.5, 0.6) is 0 Å². The predicted molar refractivity (Wildman–Crippen MR) is 75.3 cm³/mol. The minimum absolute atomic E-state index is 0.0183. The topological polar surface area (TPSA) is 104 Å². The van der Waals surface area contributed by atoms with Crippen LogP contribution in [0.2, 0.25) is 0 Å². The molecular formula is C13H16N2O5S. The molecule has 2 N–H and O–H groups in total. The van der Waals surface area contributed by atoms with Gasteiger partial charge in [-0.25, -0.2) is 8.42 Å². The Morgan fingerprint density at radius 2 is 1.86 bits per heavy atom. The Balaban J connectivity index is 2.25. The monoisotopic (exact) mass is 312 g/mol. The number of hydrogen-bond donors (Lipinski definition) is 2. The van der Waals surface area contributed by atoms with Crippen molar-refractivity contribution in [3.63, 3.8) is 0 Å². The summed E-state index contributed by atoms with van der Waals surface area (Å²) in [6, 6.07) is 5.43. The fourth-order valence-corrected chi connectivity index (χ4v) is 3.59. The highest BCUT2D eigenvalue weighted by atomic mass is 32.2. The van der Waals surface area contributed by atoms with E-state index in [2.05, 4.69) is 5.32 Å². The number of aliphatic carboxylic acids is 1. The zero-order chi connectivity index (χ0) is 15.6. The summed E-state index contributed by atoms with van der Waals surface area (Å²) >= 11 is 0. The van der Waals surface area contributed by atoms with Gasteiger partial charge in [-0.2, -0.15) is 4.31 Å². The second-order valence-corrected chi connectivity index (χ2v) is 6.77. The lowest BCUT2D eigenvalue weighted by molar-refractivity contribution is -0.137. The zero-order valence-electron chi connectivity index (χ0n) is 11.4. The van der Waals surface area contributed by atoms with Crippen LogP contribution in [0.25, 0.3) is 0 Å². The highest BCUT2D eigenvalue weighted by Gasteiger charge is 2.39. The number of amides is 1. The summed E-state index contributed by atoms with van der Waals surface area (Å²) < 4.78 is 25.9. The SMILES string of the molecule is CC(=O)Nc1ccc(S(=O)(=O)N(CC(=O)O)C2CC2)cc1. The third-order valence-corrected chi connectivity index (χ3v) is 4.94. The summed E-state index contributed by atoms with van der Waals surface area (Å²) in [4.78, 5) is 21.8. The normalized spacial score (nSPS) is 15.0. The lowest BCUT2D eigenvalue weighted by Gasteiger charge is -2.20. The molecular weight excluding hydrogens is 296 g/mol. The Kier molecular flexibility index (Phi) is 4.29. The van der Waals surface area contributed by atoms with Crippen LogP contribution in [0.15, 0.2) is 29.2 Å². The van der Waals surface area contributed by atoms with Gasteiger partial charge in [0.1, 0.15) is 6.54 Å². The highest BCUT2D eigenvalue weighted by Crippen LogP contribution is 2.32. The Morgan fingerprint density at radius 1 is 1.29 bits per heavy atom. The van der Waals surface area contributed by atoms with Crippen molar-refractivity contribution in [3.05, 3.63) is 24.3 Å². The second kappa shape index (κ2) is 5.82. The van der Waals surface area contributed by atoms with E-state index >= 15 is 0 Å². The molecule has 0 aliphatic heterocycles. The minimum Gasteiger partial charge on any atom is -0.480 e. The lowest BCUT2D eigenvalue weighted by atomic mass is 10.3. The molecule has 7 nitrogen and oxygen atoms in total. The highest BCUT2D eigenvalue weighted by molar-refractivity contribution is 7.89. The van der Waals surface area contributed by atoms with Gasteiger partial charge < -0.3 is 10.4 Å². The van der Waals surface area contributed by atoms with E-state index in [9.17, 15) is 18.0 Å². The van der Waals surface area contributed by atoms with Gasteiger partial charge in [0, 0.05) is 18.7 Å². The van der Waals surface area contributed by atoms with Gasteiger partial charge in [-0.3, -0.25) is 9.59 Å². The molecule has 1 aromatic carbocycles. The van der Waals surface area contributed by atoms with Gasteiger partial charge in [-0.1, -0.05) is 0 Å². The maximum absolute atomic E-state index is 12.5. The van der Waals surface area contributed by atoms with E-state index in [1.54, 1.807) is 0 Å². The molecule has 21 heavy (non-hydrogen) atoms. The zero-order valence-corrected chi connectivity index (χ0v) is 12.3. The first-order chi connectivity index (χ1) is 9.80. The fourth-order valence-electron chi connectivity index (χ4n) is 1.96. The smallest absolute Gasteiger partial charge is 0.318 e. The number of carbonyl (C=O) groups excluding carboxylic acids is 1. The number of rotatable bonds is 6. The van der Waals surface area contributed by atoms with Gasteiger partial charge in [-0.15, -0.1) is 0 Å². The molecule has 1 aromatic rings.